The number of aromatic nitrogens is 1. The van der Waals surface area contributed by atoms with Gasteiger partial charge in [0.25, 0.3) is 0 Å². The van der Waals surface area contributed by atoms with E-state index in [4.69, 9.17) is 5.73 Å². The molecule has 0 amide bonds. The third-order valence-corrected chi connectivity index (χ3v) is 4.78. The highest BCUT2D eigenvalue weighted by atomic mass is 15.3. The van der Waals surface area contributed by atoms with Crippen molar-refractivity contribution in [2.45, 2.75) is 45.1 Å². The summed E-state index contributed by atoms with van der Waals surface area (Å²) in [6.07, 6.45) is 6.94. The van der Waals surface area contributed by atoms with Crippen LogP contribution < -0.4 is 10.6 Å². The average Bonchev–Trinajstić information content (AvgIpc) is 2.56. The molecule has 1 aromatic rings. The van der Waals surface area contributed by atoms with Crippen LogP contribution in [0.2, 0.25) is 0 Å². The highest BCUT2D eigenvalue weighted by molar-refractivity contribution is 5.38. The van der Waals surface area contributed by atoms with Gasteiger partial charge in [0.2, 0.25) is 0 Å². The number of hydrogen-bond acceptors (Lipinski definition) is 4. The Morgan fingerprint density at radius 1 is 1.19 bits per heavy atom. The zero-order valence-electron chi connectivity index (χ0n) is 13.6. The molecule has 0 bridgehead atoms. The predicted octanol–water partition coefficient (Wildman–Crippen LogP) is 2.50. The van der Waals surface area contributed by atoms with Gasteiger partial charge in [-0.25, -0.2) is 4.98 Å². The Hall–Kier alpha value is -1.13. The van der Waals surface area contributed by atoms with Gasteiger partial charge in [-0.15, -0.1) is 0 Å². The van der Waals surface area contributed by atoms with Crippen molar-refractivity contribution in [2.75, 3.05) is 37.6 Å². The molecule has 1 aliphatic heterocycles. The van der Waals surface area contributed by atoms with Crippen molar-refractivity contribution in [1.82, 2.24) is 9.88 Å². The van der Waals surface area contributed by atoms with E-state index in [2.05, 4.69) is 40.8 Å². The summed E-state index contributed by atoms with van der Waals surface area (Å²) < 4.78 is 0. The molecule has 0 radical (unpaired) electrons. The lowest BCUT2D eigenvalue weighted by atomic mass is 9.91. The van der Waals surface area contributed by atoms with Gasteiger partial charge in [-0.05, 0) is 25.5 Å². The zero-order chi connectivity index (χ0) is 15.1. The Balaban J connectivity index is 1.89. The van der Waals surface area contributed by atoms with Crippen LogP contribution in [0.1, 0.15) is 39.5 Å². The minimum absolute atomic E-state index is 0.158. The molecule has 0 saturated carbocycles. The maximum absolute atomic E-state index is 6.10. The van der Waals surface area contributed by atoms with Crippen molar-refractivity contribution in [3.05, 3.63) is 24.4 Å². The first-order valence-electron chi connectivity index (χ1n) is 8.31. The van der Waals surface area contributed by atoms with E-state index in [1.54, 1.807) is 0 Å². The first kappa shape index (κ1) is 16.2. The molecule has 0 aliphatic carbocycles. The summed E-state index contributed by atoms with van der Waals surface area (Å²) in [6.45, 7) is 9.58. The smallest absolute Gasteiger partial charge is 0.128 e. The SMILES string of the molecule is CCCCCC(C)(CN)N1CCN(c2ccccn2)CC1. The van der Waals surface area contributed by atoms with Crippen LogP contribution in [0.15, 0.2) is 24.4 Å². The normalized spacial score (nSPS) is 19.5. The van der Waals surface area contributed by atoms with Crippen LogP contribution in [0.25, 0.3) is 0 Å². The van der Waals surface area contributed by atoms with Gasteiger partial charge in [-0.3, -0.25) is 4.90 Å². The van der Waals surface area contributed by atoms with Crippen LogP contribution >= 0.6 is 0 Å². The zero-order valence-corrected chi connectivity index (χ0v) is 13.6. The lowest BCUT2D eigenvalue weighted by Gasteiger charge is -2.46. The second-order valence-corrected chi connectivity index (χ2v) is 6.32. The molecule has 2 N–H and O–H groups in total. The van der Waals surface area contributed by atoms with Crippen LogP contribution in [-0.2, 0) is 0 Å². The molecule has 4 nitrogen and oxygen atoms in total. The number of nitrogens with zero attached hydrogens (tertiary/aromatic N) is 3. The maximum Gasteiger partial charge on any atom is 0.128 e. The number of piperazine rings is 1. The monoisotopic (exact) mass is 290 g/mol. The van der Waals surface area contributed by atoms with Crippen LogP contribution in [0, 0.1) is 0 Å². The highest BCUT2D eigenvalue weighted by Gasteiger charge is 2.32. The first-order chi connectivity index (χ1) is 10.2. The topological polar surface area (TPSA) is 45.4 Å². The summed E-state index contributed by atoms with van der Waals surface area (Å²) in [5, 5.41) is 0. The molecule has 0 spiro atoms. The van der Waals surface area contributed by atoms with Crippen LogP contribution in [0.5, 0.6) is 0 Å². The fraction of sp³-hybridized carbons (Fsp3) is 0.706. The minimum Gasteiger partial charge on any atom is -0.354 e. The molecular formula is C17H30N4. The Bertz CT molecular complexity index is 401. The quantitative estimate of drug-likeness (QED) is 0.784. The summed E-state index contributed by atoms with van der Waals surface area (Å²) >= 11 is 0. The predicted molar refractivity (Wildman–Crippen MR) is 89.6 cm³/mol. The van der Waals surface area contributed by atoms with Crippen LogP contribution in [0.4, 0.5) is 5.82 Å². The number of nitrogens with two attached hydrogens (primary N) is 1. The molecule has 0 aromatic carbocycles. The molecule has 1 aromatic heterocycles. The molecule has 21 heavy (non-hydrogen) atoms. The second-order valence-electron chi connectivity index (χ2n) is 6.32. The summed E-state index contributed by atoms with van der Waals surface area (Å²) in [5.41, 5.74) is 6.26. The molecule has 1 unspecified atom stereocenters. The van der Waals surface area contributed by atoms with Crippen molar-refractivity contribution in [3.63, 3.8) is 0 Å². The van der Waals surface area contributed by atoms with E-state index in [1.165, 1.54) is 25.7 Å². The number of anilines is 1. The third kappa shape index (κ3) is 4.17. The van der Waals surface area contributed by atoms with E-state index in [9.17, 15) is 0 Å². The lowest BCUT2D eigenvalue weighted by Crippen LogP contribution is -2.59. The lowest BCUT2D eigenvalue weighted by molar-refractivity contribution is 0.0915. The van der Waals surface area contributed by atoms with Crippen LogP contribution in [-0.4, -0.2) is 48.1 Å². The molecule has 2 heterocycles. The van der Waals surface area contributed by atoms with E-state index in [0.717, 1.165) is 38.5 Å². The number of pyridine rings is 1. The molecule has 2 rings (SSSR count). The molecule has 118 valence electrons. The first-order valence-corrected chi connectivity index (χ1v) is 8.31. The maximum atomic E-state index is 6.10. The van der Waals surface area contributed by atoms with Gasteiger partial charge in [0, 0.05) is 44.5 Å². The standard InChI is InChI=1S/C17H30N4/c1-3-4-6-9-17(2,15-18)21-13-11-20(12-14-21)16-8-5-7-10-19-16/h5,7-8,10H,3-4,6,9,11-15,18H2,1-2H3. The van der Waals surface area contributed by atoms with Crippen molar-refractivity contribution in [1.29, 1.82) is 0 Å². The van der Waals surface area contributed by atoms with E-state index in [0.29, 0.717) is 0 Å². The third-order valence-electron chi connectivity index (χ3n) is 4.78. The van der Waals surface area contributed by atoms with Gasteiger partial charge in [0.15, 0.2) is 0 Å². The van der Waals surface area contributed by atoms with Crippen LogP contribution in [0.3, 0.4) is 0 Å². The fourth-order valence-electron chi connectivity index (χ4n) is 3.16. The van der Waals surface area contributed by atoms with Gasteiger partial charge in [-0.2, -0.15) is 0 Å². The number of rotatable bonds is 7. The summed E-state index contributed by atoms with van der Waals surface area (Å²) in [6, 6.07) is 6.13. The molecule has 4 heteroatoms. The Morgan fingerprint density at radius 3 is 2.52 bits per heavy atom. The minimum atomic E-state index is 0.158. The van der Waals surface area contributed by atoms with E-state index in [-0.39, 0.29) is 5.54 Å². The van der Waals surface area contributed by atoms with Crippen molar-refractivity contribution >= 4 is 5.82 Å². The van der Waals surface area contributed by atoms with Crippen molar-refractivity contribution in [2.24, 2.45) is 5.73 Å². The Kier molecular flexibility index (Phi) is 6.00. The summed E-state index contributed by atoms with van der Waals surface area (Å²) in [4.78, 5) is 9.41. The Morgan fingerprint density at radius 2 is 1.95 bits per heavy atom. The van der Waals surface area contributed by atoms with Crippen molar-refractivity contribution in [3.8, 4) is 0 Å². The summed E-state index contributed by atoms with van der Waals surface area (Å²) in [7, 11) is 0. The van der Waals surface area contributed by atoms with E-state index in [1.807, 2.05) is 12.3 Å². The van der Waals surface area contributed by atoms with E-state index >= 15 is 0 Å². The second kappa shape index (κ2) is 7.76. The van der Waals surface area contributed by atoms with E-state index < -0.39 is 0 Å². The van der Waals surface area contributed by atoms with Gasteiger partial charge in [0.1, 0.15) is 5.82 Å². The molecule has 1 fully saturated rings. The molecule has 1 saturated heterocycles. The fourth-order valence-corrected chi connectivity index (χ4v) is 3.16. The average molecular weight is 290 g/mol. The Labute approximate surface area is 129 Å². The summed E-state index contributed by atoms with van der Waals surface area (Å²) in [5.74, 6) is 1.09. The molecular weight excluding hydrogens is 260 g/mol. The van der Waals surface area contributed by atoms with Gasteiger partial charge in [-0.1, -0.05) is 32.3 Å². The van der Waals surface area contributed by atoms with Gasteiger partial charge >= 0.3 is 0 Å². The molecule has 1 atom stereocenters. The van der Waals surface area contributed by atoms with Gasteiger partial charge < -0.3 is 10.6 Å². The van der Waals surface area contributed by atoms with Crippen molar-refractivity contribution < 1.29 is 0 Å². The highest BCUT2D eigenvalue weighted by Crippen LogP contribution is 2.24. The number of hydrogen-bond donors (Lipinski definition) is 1. The number of unbranched alkanes of at least 4 members (excludes halogenated alkanes) is 2. The largest absolute Gasteiger partial charge is 0.354 e. The molecule has 1 aliphatic rings. The van der Waals surface area contributed by atoms with Gasteiger partial charge in [0.05, 0.1) is 0 Å².